The van der Waals surface area contributed by atoms with Crippen molar-refractivity contribution in [3.8, 4) is 0 Å². The average molecular weight is 516 g/mol. The Bertz CT molecular complexity index is 508. The van der Waals surface area contributed by atoms with Crippen LogP contribution in [0.2, 0.25) is 0 Å². The number of halogens is 2. The lowest BCUT2D eigenvalue weighted by Crippen LogP contribution is -2.47. The molecule has 2 rings (SSSR count). The SMILES string of the molecule is CN=C(NCc1ccc(Br)s1)N1CCC(OC(C)(C)C)CC1.I. The van der Waals surface area contributed by atoms with Crippen LogP contribution in [0.15, 0.2) is 20.9 Å². The van der Waals surface area contributed by atoms with Gasteiger partial charge in [-0.3, -0.25) is 4.99 Å². The summed E-state index contributed by atoms with van der Waals surface area (Å²) in [5, 5.41) is 3.46. The van der Waals surface area contributed by atoms with Crippen LogP contribution in [0, 0.1) is 0 Å². The lowest BCUT2D eigenvalue weighted by atomic mass is 10.1. The van der Waals surface area contributed by atoms with Crippen LogP contribution in [0.4, 0.5) is 0 Å². The maximum atomic E-state index is 6.08. The van der Waals surface area contributed by atoms with Gasteiger partial charge in [-0.15, -0.1) is 35.3 Å². The molecule has 1 N–H and O–H groups in total. The van der Waals surface area contributed by atoms with Crippen molar-refractivity contribution < 1.29 is 4.74 Å². The Morgan fingerprint density at radius 2 is 2.04 bits per heavy atom. The van der Waals surface area contributed by atoms with E-state index in [4.69, 9.17) is 4.74 Å². The molecule has 1 fully saturated rings. The molecule has 1 aromatic heterocycles. The lowest BCUT2D eigenvalue weighted by Gasteiger charge is -2.36. The zero-order chi connectivity index (χ0) is 16.2. The number of thiophene rings is 1. The van der Waals surface area contributed by atoms with Gasteiger partial charge in [0.25, 0.3) is 0 Å². The quantitative estimate of drug-likeness (QED) is 0.366. The Morgan fingerprint density at radius 3 is 2.52 bits per heavy atom. The van der Waals surface area contributed by atoms with E-state index in [1.165, 1.54) is 8.66 Å². The number of nitrogens with one attached hydrogen (secondary N) is 1. The highest BCUT2D eigenvalue weighted by atomic mass is 127. The van der Waals surface area contributed by atoms with Crippen molar-refractivity contribution in [2.24, 2.45) is 4.99 Å². The van der Waals surface area contributed by atoms with Gasteiger partial charge >= 0.3 is 0 Å². The molecule has 7 heteroatoms. The molecule has 1 aliphatic heterocycles. The second-order valence-electron chi connectivity index (χ2n) is 6.52. The largest absolute Gasteiger partial charge is 0.372 e. The molecular formula is C16H27BrIN3OS. The fourth-order valence-corrected chi connectivity index (χ4v) is 4.05. The van der Waals surface area contributed by atoms with Crippen molar-refractivity contribution in [3.05, 3.63) is 20.8 Å². The van der Waals surface area contributed by atoms with Crippen molar-refractivity contribution in [1.82, 2.24) is 10.2 Å². The summed E-state index contributed by atoms with van der Waals surface area (Å²) < 4.78 is 7.25. The predicted molar refractivity (Wildman–Crippen MR) is 113 cm³/mol. The molecule has 1 aliphatic rings. The first kappa shape index (κ1) is 21.2. The zero-order valence-electron chi connectivity index (χ0n) is 14.3. The number of hydrogen-bond donors (Lipinski definition) is 1. The van der Waals surface area contributed by atoms with Crippen LogP contribution < -0.4 is 5.32 Å². The molecule has 0 amide bonds. The van der Waals surface area contributed by atoms with Crippen LogP contribution in [-0.2, 0) is 11.3 Å². The molecule has 0 atom stereocenters. The van der Waals surface area contributed by atoms with Crippen molar-refractivity contribution >= 4 is 57.2 Å². The van der Waals surface area contributed by atoms with E-state index in [-0.39, 0.29) is 29.6 Å². The van der Waals surface area contributed by atoms with Gasteiger partial charge in [-0.1, -0.05) is 0 Å². The minimum absolute atomic E-state index is 0. The number of piperidine rings is 1. The minimum atomic E-state index is -0.0562. The Kier molecular flexibility index (Phi) is 8.82. The monoisotopic (exact) mass is 515 g/mol. The third-order valence-electron chi connectivity index (χ3n) is 3.52. The fraction of sp³-hybridized carbons (Fsp3) is 0.688. The number of hydrogen-bond acceptors (Lipinski definition) is 3. The molecule has 0 radical (unpaired) electrons. The smallest absolute Gasteiger partial charge is 0.193 e. The van der Waals surface area contributed by atoms with Gasteiger partial charge in [-0.25, -0.2) is 0 Å². The summed E-state index contributed by atoms with van der Waals surface area (Å²) in [6.45, 7) is 9.18. The van der Waals surface area contributed by atoms with E-state index in [9.17, 15) is 0 Å². The molecule has 1 saturated heterocycles. The zero-order valence-corrected chi connectivity index (χ0v) is 19.0. The van der Waals surface area contributed by atoms with E-state index in [0.717, 1.165) is 38.4 Å². The molecule has 132 valence electrons. The highest BCUT2D eigenvalue weighted by Crippen LogP contribution is 2.22. The summed E-state index contributed by atoms with van der Waals surface area (Å²) in [7, 11) is 1.85. The predicted octanol–water partition coefficient (Wildman–Crippen LogP) is 4.48. The van der Waals surface area contributed by atoms with Crippen LogP contribution >= 0.6 is 51.2 Å². The maximum absolute atomic E-state index is 6.08. The van der Waals surface area contributed by atoms with Crippen LogP contribution in [0.3, 0.4) is 0 Å². The second kappa shape index (κ2) is 9.58. The van der Waals surface area contributed by atoms with Crippen LogP contribution in [0.5, 0.6) is 0 Å². The molecule has 0 aliphatic carbocycles. The van der Waals surface area contributed by atoms with E-state index < -0.39 is 0 Å². The first-order chi connectivity index (χ1) is 10.4. The highest BCUT2D eigenvalue weighted by molar-refractivity contribution is 14.0. The van der Waals surface area contributed by atoms with Crippen molar-refractivity contribution in [2.45, 2.75) is 51.9 Å². The van der Waals surface area contributed by atoms with E-state index in [1.54, 1.807) is 11.3 Å². The molecule has 0 aromatic carbocycles. The van der Waals surface area contributed by atoms with Gasteiger partial charge in [0.1, 0.15) is 0 Å². The number of guanidine groups is 1. The number of likely N-dealkylation sites (tertiary alicyclic amines) is 1. The molecule has 0 spiro atoms. The van der Waals surface area contributed by atoms with Gasteiger partial charge in [0, 0.05) is 25.0 Å². The summed E-state index contributed by atoms with van der Waals surface area (Å²) in [5.74, 6) is 0.985. The topological polar surface area (TPSA) is 36.9 Å². The van der Waals surface area contributed by atoms with Crippen LogP contribution in [0.1, 0.15) is 38.5 Å². The number of nitrogens with zero attached hydrogens (tertiary/aromatic N) is 2. The Morgan fingerprint density at radius 1 is 1.39 bits per heavy atom. The summed E-state index contributed by atoms with van der Waals surface area (Å²) in [5.41, 5.74) is -0.0562. The van der Waals surface area contributed by atoms with Gasteiger partial charge in [0.05, 0.1) is 22.0 Å². The van der Waals surface area contributed by atoms with Crippen molar-refractivity contribution in [1.29, 1.82) is 0 Å². The molecule has 1 aromatic rings. The second-order valence-corrected chi connectivity index (χ2v) is 9.07. The Hall–Kier alpha value is 0.140. The third kappa shape index (κ3) is 7.27. The molecule has 0 unspecified atom stereocenters. The minimum Gasteiger partial charge on any atom is -0.372 e. The first-order valence-corrected chi connectivity index (χ1v) is 9.36. The average Bonchev–Trinajstić information content (AvgIpc) is 2.85. The molecule has 0 bridgehead atoms. The van der Waals surface area contributed by atoms with Gasteiger partial charge in [-0.2, -0.15) is 0 Å². The summed E-state index contributed by atoms with van der Waals surface area (Å²) in [4.78, 5) is 8.05. The number of rotatable bonds is 3. The number of ether oxygens (including phenoxy) is 1. The molecule has 2 heterocycles. The van der Waals surface area contributed by atoms with Crippen LogP contribution in [-0.4, -0.2) is 42.7 Å². The van der Waals surface area contributed by atoms with E-state index in [0.29, 0.717) is 6.10 Å². The Labute approximate surface area is 169 Å². The molecule has 4 nitrogen and oxygen atoms in total. The Balaban J connectivity index is 0.00000264. The van der Waals surface area contributed by atoms with Crippen molar-refractivity contribution in [3.63, 3.8) is 0 Å². The first-order valence-electron chi connectivity index (χ1n) is 7.75. The van der Waals surface area contributed by atoms with E-state index >= 15 is 0 Å². The van der Waals surface area contributed by atoms with Crippen molar-refractivity contribution in [2.75, 3.05) is 20.1 Å². The van der Waals surface area contributed by atoms with Gasteiger partial charge in [-0.05, 0) is 61.7 Å². The third-order valence-corrected chi connectivity index (χ3v) is 5.15. The molecular weight excluding hydrogens is 489 g/mol. The van der Waals surface area contributed by atoms with Gasteiger partial charge in [0.15, 0.2) is 5.96 Å². The molecule has 23 heavy (non-hydrogen) atoms. The molecule has 0 saturated carbocycles. The fourth-order valence-electron chi connectivity index (χ4n) is 2.63. The lowest BCUT2D eigenvalue weighted by molar-refractivity contribution is -0.0772. The maximum Gasteiger partial charge on any atom is 0.193 e. The van der Waals surface area contributed by atoms with E-state index in [2.05, 4.69) is 64.0 Å². The van der Waals surface area contributed by atoms with Gasteiger partial charge < -0.3 is 15.0 Å². The standard InChI is InChI=1S/C16H26BrN3OS.HI/c1-16(2,3)21-12-7-9-20(10-8-12)15(18-4)19-11-13-5-6-14(17)22-13;/h5-6,12H,7-11H2,1-4H3,(H,18,19);1H. The van der Waals surface area contributed by atoms with Crippen LogP contribution in [0.25, 0.3) is 0 Å². The van der Waals surface area contributed by atoms with E-state index in [1.807, 2.05) is 7.05 Å². The highest BCUT2D eigenvalue weighted by Gasteiger charge is 2.25. The summed E-state index contributed by atoms with van der Waals surface area (Å²) in [6.07, 6.45) is 2.48. The summed E-state index contributed by atoms with van der Waals surface area (Å²) in [6, 6.07) is 4.22. The van der Waals surface area contributed by atoms with Gasteiger partial charge in [0.2, 0.25) is 0 Å². The summed E-state index contributed by atoms with van der Waals surface area (Å²) >= 11 is 5.25. The normalized spacial score (nSPS) is 17.1. The number of aliphatic imine (C=N–C) groups is 1.